The van der Waals surface area contributed by atoms with Crippen molar-refractivity contribution < 1.29 is 10.2 Å². The number of rotatable bonds is 4. The summed E-state index contributed by atoms with van der Waals surface area (Å²) in [6.45, 7) is 4.24. The highest BCUT2D eigenvalue weighted by Crippen LogP contribution is 2.60. The van der Waals surface area contributed by atoms with Gasteiger partial charge in [-0.1, -0.05) is 36.2 Å². The largest absolute Gasteiger partial charge is 0.403 e. The molecule has 0 amide bonds. The van der Waals surface area contributed by atoms with Gasteiger partial charge in [-0.25, -0.2) is 0 Å². The molecule has 0 aromatic heterocycles. The average Bonchev–Trinajstić information content (AvgIpc) is 2.97. The minimum Gasteiger partial charge on any atom is -0.403 e. The molecule has 1 saturated heterocycles. The van der Waals surface area contributed by atoms with Crippen LogP contribution in [0.25, 0.3) is 5.70 Å². The van der Waals surface area contributed by atoms with Crippen LogP contribution in [0.4, 0.5) is 0 Å². The van der Waals surface area contributed by atoms with Gasteiger partial charge in [-0.3, -0.25) is 4.31 Å². The zero-order valence-electron chi connectivity index (χ0n) is 16.2. The minimum absolute atomic E-state index is 0.0646. The lowest BCUT2D eigenvalue weighted by atomic mass is 9.53. The van der Waals surface area contributed by atoms with E-state index in [1.54, 1.807) is 18.1 Å². The molecule has 1 aromatic rings. The van der Waals surface area contributed by atoms with Crippen molar-refractivity contribution >= 4 is 17.6 Å². The molecule has 2 aliphatic heterocycles. The summed E-state index contributed by atoms with van der Waals surface area (Å²) < 4.78 is 2.36. The third-order valence-corrected chi connectivity index (χ3v) is 8.07. The molecule has 3 aliphatic rings. The van der Waals surface area contributed by atoms with Crippen molar-refractivity contribution in [1.82, 2.24) is 9.21 Å². The molecule has 4 atom stereocenters. The number of aliphatic hydroxyl groups is 2. The Balaban J connectivity index is 1.45. The van der Waals surface area contributed by atoms with E-state index in [9.17, 15) is 10.2 Å². The normalized spacial score (nSPS) is 32.5. The number of hydrogen-bond donors (Lipinski definition) is 3. The molecule has 6 heteroatoms. The number of piperidine rings is 1. The summed E-state index contributed by atoms with van der Waals surface area (Å²) >= 11 is 1.75. The molecule has 27 heavy (non-hydrogen) atoms. The molecule has 4 rings (SSSR count). The van der Waals surface area contributed by atoms with E-state index in [0.717, 1.165) is 38.0 Å². The summed E-state index contributed by atoms with van der Waals surface area (Å²) in [7, 11) is 2.09. The zero-order chi connectivity index (χ0) is 19.2. The number of hydrogen-bond acceptors (Lipinski definition) is 6. The van der Waals surface area contributed by atoms with Crippen LogP contribution in [-0.2, 0) is 0 Å². The fourth-order valence-corrected chi connectivity index (χ4v) is 6.34. The van der Waals surface area contributed by atoms with Crippen molar-refractivity contribution in [1.29, 1.82) is 0 Å². The quantitative estimate of drug-likeness (QED) is 0.687. The Bertz CT molecular complexity index is 717. The number of nitrogens with two attached hydrogens (primary N) is 1. The smallest absolute Gasteiger partial charge is 0.0648 e. The standard InChI is InChI=1S/C21H31N3O2S/c1-14(13-25)27-24-9-7-21(8-10-24)11-17(20(21)26)19-16-6-4-3-5-15(16)18(12-22)23(19)2/h3-6,12,14,17,19-20,25-26H,7-11,13,22H2,1-2H3/b18-12-. The number of fused-ring (bicyclic) bond motifs is 1. The van der Waals surface area contributed by atoms with Crippen LogP contribution in [0, 0.1) is 11.3 Å². The summed E-state index contributed by atoms with van der Waals surface area (Å²) in [6.07, 6.45) is 4.57. The average molecular weight is 390 g/mol. The first kappa shape index (κ1) is 19.1. The van der Waals surface area contributed by atoms with E-state index in [4.69, 9.17) is 5.73 Å². The van der Waals surface area contributed by atoms with E-state index in [-0.39, 0.29) is 35.3 Å². The van der Waals surface area contributed by atoms with Crippen molar-refractivity contribution in [3.8, 4) is 0 Å². The van der Waals surface area contributed by atoms with Gasteiger partial charge < -0.3 is 20.8 Å². The van der Waals surface area contributed by atoms with Gasteiger partial charge in [-0.2, -0.15) is 0 Å². The maximum absolute atomic E-state index is 11.2. The van der Waals surface area contributed by atoms with E-state index in [1.807, 2.05) is 0 Å². The third kappa shape index (κ3) is 3.07. The van der Waals surface area contributed by atoms with Crippen LogP contribution in [0.1, 0.15) is 43.4 Å². The molecule has 1 spiro atoms. The van der Waals surface area contributed by atoms with Crippen LogP contribution in [0.3, 0.4) is 0 Å². The predicted octanol–water partition coefficient (Wildman–Crippen LogP) is 2.42. The number of benzene rings is 1. The summed E-state index contributed by atoms with van der Waals surface area (Å²) in [5.41, 5.74) is 9.52. The SMILES string of the molecule is CC(CO)SN1CCC2(CC1)CC(C1c3ccccc3/C(=C/N)N1C)C2O. The summed E-state index contributed by atoms with van der Waals surface area (Å²) in [5.74, 6) is 0.254. The highest BCUT2D eigenvalue weighted by Gasteiger charge is 2.58. The van der Waals surface area contributed by atoms with Crippen molar-refractivity contribution in [3.05, 3.63) is 41.6 Å². The Kier molecular flexibility index (Phi) is 5.18. The second-order valence-electron chi connectivity index (χ2n) is 8.40. The summed E-state index contributed by atoms with van der Waals surface area (Å²) in [6, 6.07) is 8.65. The maximum atomic E-state index is 11.2. The molecule has 5 nitrogen and oxygen atoms in total. The fourth-order valence-electron chi connectivity index (χ4n) is 5.37. The first-order valence-electron chi connectivity index (χ1n) is 9.95. The molecule has 0 radical (unpaired) electrons. The van der Waals surface area contributed by atoms with Gasteiger partial charge in [-0.05, 0) is 37.2 Å². The highest BCUT2D eigenvalue weighted by atomic mass is 32.2. The zero-order valence-corrected chi connectivity index (χ0v) is 17.0. The molecular weight excluding hydrogens is 358 g/mol. The fraction of sp³-hybridized carbons (Fsp3) is 0.619. The first-order chi connectivity index (χ1) is 13.0. The lowest BCUT2D eigenvalue weighted by Gasteiger charge is -2.58. The van der Waals surface area contributed by atoms with E-state index >= 15 is 0 Å². The Morgan fingerprint density at radius 1 is 1.33 bits per heavy atom. The highest BCUT2D eigenvalue weighted by molar-refractivity contribution is 7.97. The molecule has 0 bridgehead atoms. The Hall–Kier alpha value is -1.21. The molecule has 1 aliphatic carbocycles. The molecule has 1 saturated carbocycles. The van der Waals surface area contributed by atoms with Crippen LogP contribution in [0.2, 0.25) is 0 Å². The Morgan fingerprint density at radius 2 is 2.04 bits per heavy atom. The molecule has 4 unspecified atom stereocenters. The van der Waals surface area contributed by atoms with Crippen molar-refractivity contribution in [3.63, 3.8) is 0 Å². The van der Waals surface area contributed by atoms with Gasteiger partial charge in [0.05, 0.1) is 24.4 Å². The van der Waals surface area contributed by atoms with Crippen LogP contribution >= 0.6 is 11.9 Å². The van der Waals surface area contributed by atoms with E-state index in [2.05, 4.69) is 47.4 Å². The molecule has 148 valence electrons. The molecule has 2 heterocycles. The van der Waals surface area contributed by atoms with Crippen LogP contribution < -0.4 is 5.73 Å². The van der Waals surface area contributed by atoms with E-state index in [1.165, 1.54) is 11.1 Å². The number of aliphatic hydroxyl groups excluding tert-OH is 2. The summed E-state index contributed by atoms with van der Waals surface area (Å²) in [4.78, 5) is 2.25. The van der Waals surface area contributed by atoms with Gasteiger partial charge in [0, 0.05) is 43.1 Å². The molecular formula is C21H31N3O2S. The van der Waals surface area contributed by atoms with Crippen LogP contribution in [0.5, 0.6) is 0 Å². The van der Waals surface area contributed by atoms with Gasteiger partial charge in [0.15, 0.2) is 0 Å². The summed E-state index contributed by atoms with van der Waals surface area (Å²) in [5, 5.41) is 20.7. The molecule has 1 aromatic carbocycles. The maximum Gasteiger partial charge on any atom is 0.0648 e. The van der Waals surface area contributed by atoms with Gasteiger partial charge in [0.25, 0.3) is 0 Å². The first-order valence-corrected chi connectivity index (χ1v) is 10.8. The second kappa shape index (κ2) is 7.32. The van der Waals surface area contributed by atoms with Crippen LogP contribution in [-0.4, -0.2) is 57.5 Å². The Labute approximate surface area is 166 Å². The van der Waals surface area contributed by atoms with Gasteiger partial charge in [0.1, 0.15) is 0 Å². The predicted molar refractivity (Wildman–Crippen MR) is 111 cm³/mol. The van der Waals surface area contributed by atoms with Gasteiger partial charge in [0.2, 0.25) is 0 Å². The monoisotopic (exact) mass is 389 g/mol. The third-order valence-electron chi connectivity index (χ3n) is 6.90. The van der Waals surface area contributed by atoms with E-state index < -0.39 is 0 Å². The molecule has 2 fully saturated rings. The van der Waals surface area contributed by atoms with E-state index in [0.29, 0.717) is 0 Å². The lowest BCUT2D eigenvalue weighted by molar-refractivity contribution is -0.159. The number of nitrogens with zero attached hydrogens (tertiary/aromatic N) is 2. The topological polar surface area (TPSA) is 73.0 Å². The van der Waals surface area contributed by atoms with Crippen molar-refractivity contribution in [2.75, 3.05) is 26.7 Å². The lowest BCUT2D eigenvalue weighted by Crippen LogP contribution is -2.59. The van der Waals surface area contributed by atoms with Gasteiger partial charge >= 0.3 is 0 Å². The minimum atomic E-state index is -0.266. The van der Waals surface area contributed by atoms with Crippen LogP contribution in [0.15, 0.2) is 30.5 Å². The van der Waals surface area contributed by atoms with Crippen molar-refractivity contribution in [2.24, 2.45) is 17.1 Å². The van der Waals surface area contributed by atoms with Gasteiger partial charge in [-0.15, -0.1) is 0 Å². The molecule has 4 N–H and O–H groups in total. The Morgan fingerprint density at radius 3 is 2.67 bits per heavy atom. The second-order valence-corrected chi connectivity index (χ2v) is 9.93. The van der Waals surface area contributed by atoms with Crippen molar-refractivity contribution in [2.45, 2.75) is 43.6 Å².